The average molecular weight is 522 g/mol. The van der Waals surface area contributed by atoms with Crippen LogP contribution < -0.4 is 21.1 Å². The molecular formula is C29H26F3N3O3. The van der Waals surface area contributed by atoms with Crippen LogP contribution in [0.25, 0.3) is 5.57 Å². The first-order chi connectivity index (χ1) is 18.2. The number of rotatable bonds is 7. The van der Waals surface area contributed by atoms with Crippen molar-refractivity contribution in [3.8, 4) is 5.75 Å². The predicted octanol–water partition coefficient (Wildman–Crippen LogP) is 5.55. The largest absolute Gasteiger partial charge is 0.494 e. The monoisotopic (exact) mass is 521 g/mol. The third-order valence-electron chi connectivity index (χ3n) is 5.96. The van der Waals surface area contributed by atoms with Crippen LogP contribution in [0.3, 0.4) is 0 Å². The van der Waals surface area contributed by atoms with E-state index in [4.69, 9.17) is 10.5 Å². The number of carbonyl (C=O) groups excluding carboxylic acids is 2. The molecule has 4 rings (SSSR count). The van der Waals surface area contributed by atoms with Gasteiger partial charge in [0.2, 0.25) is 11.8 Å². The number of alkyl halides is 3. The van der Waals surface area contributed by atoms with Crippen molar-refractivity contribution >= 4 is 28.8 Å². The van der Waals surface area contributed by atoms with Crippen LogP contribution in [0.1, 0.15) is 29.2 Å². The molecule has 0 aromatic heterocycles. The van der Waals surface area contributed by atoms with Gasteiger partial charge in [0, 0.05) is 29.4 Å². The maximum atomic E-state index is 13.1. The molecule has 196 valence electrons. The Morgan fingerprint density at radius 3 is 2.37 bits per heavy atom. The van der Waals surface area contributed by atoms with E-state index in [0.29, 0.717) is 34.9 Å². The molecule has 1 aliphatic heterocycles. The Bertz CT molecular complexity index is 1380. The molecule has 9 heteroatoms. The quantitative estimate of drug-likeness (QED) is 0.281. The minimum absolute atomic E-state index is 0.281. The molecule has 6 nitrogen and oxygen atoms in total. The zero-order valence-electron chi connectivity index (χ0n) is 20.5. The first kappa shape index (κ1) is 26.7. The Balaban J connectivity index is 1.59. The lowest BCUT2D eigenvalue weighted by Crippen LogP contribution is -2.41. The fourth-order valence-corrected chi connectivity index (χ4v) is 4.08. The van der Waals surface area contributed by atoms with E-state index in [1.165, 1.54) is 24.3 Å². The summed E-state index contributed by atoms with van der Waals surface area (Å²) in [4.78, 5) is 24.5. The third-order valence-corrected chi connectivity index (χ3v) is 5.96. The number of amides is 2. The van der Waals surface area contributed by atoms with E-state index in [2.05, 4.69) is 10.6 Å². The fraction of sp³-hybridized carbons (Fsp3) is 0.172. The molecule has 38 heavy (non-hydrogen) atoms. The summed E-state index contributed by atoms with van der Waals surface area (Å²) in [5.41, 5.74) is 8.88. The van der Waals surface area contributed by atoms with E-state index >= 15 is 0 Å². The molecule has 1 unspecified atom stereocenters. The molecule has 0 saturated carbocycles. The van der Waals surface area contributed by atoms with E-state index in [9.17, 15) is 22.8 Å². The van der Waals surface area contributed by atoms with Crippen molar-refractivity contribution < 1.29 is 27.5 Å². The van der Waals surface area contributed by atoms with Gasteiger partial charge >= 0.3 is 6.18 Å². The van der Waals surface area contributed by atoms with Crippen LogP contribution in [0.5, 0.6) is 5.75 Å². The fourth-order valence-electron chi connectivity index (χ4n) is 4.08. The van der Waals surface area contributed by atoms with Gasteiger partial charge in [0.15, 0.2) is 0 Å². The maximum Gasteiger partial charge on any atom is 0.416 e. The Kier molecular flexibility index (Phi) is 7.97. The van der Waals surface area contributed by atoms with Crippen molar-refractivity contribution in [3.05, 3.63) is 107 Å². The van der Waals surface area contributed by atoms with E-state index < -0.39 is 23.7 Å². The van der Waals surface area contributed by atoms with Gasteiger partial charge in [-0.25, -0.2) is 0 Å². The summed E-state index contributed by atoms with van der Waals surface area (Å²) in [6.07, 6.45) is 0.357. The van der Waals surface area contributed by atoms with Crippen LogP contribution in [0.15, 0.2) is 85.0 Å². The smallest absolute Gasteiger partial charge is 0.416 e. The Morgan fingerprint density at radius 2 is 1.74 bits per heavy atom. The second-order valence-corrected chi connectivity index (χ2v) is 8.59. The number of fused-ring (bicyclic) bond motifs is 1. The normalized spacial score (nSPS) is 15.7. The van der Waals surface area contributed by atoms with E-state index in [0.717, 1.165) is 23.3 Å². The van der Waals surface area contributed by atoms with Crippen molar-refractivity contribution in [2.45, 2.75) is 25.6 Å². The highest BCUT2D eigenvalue weighted by atomic mass is 19.4. The number of nitrogens with one attached hydrogen (secondary N) is 2. The van der Waals surface area contributed by atoms with Gasteiger partial charge < -0.3 is 21.1 Å². The zero-order valence-corrected chi connectivity index (χ0v) is 20.5. The Hall–Kier alpha value is -4.37. The second-order valence-electron chi connectivity index (χ2n) is 8.59. The molecule has 4 N–H and O–H groups in total. The highest BCUT2D eigenvalue weighted by molar-refractivity contribution is 6.03. The van der Waals surface area contributed by atoms with Gasteiger partial charge in [-0.15, -0.1) is 0 Å². The number of nitrogens with two attached hydrogens (primary N) is 1. The minimum atomic E-state index is -4.44. The number of halogens is 3. The lowest BCUT2D eigenvalue weighted by molar-refractivity contribution is -0.137. The molecule has 0 saturated heterocycles. The summed E-state index contributed by atoms with van der Waals surface area (Å²) in [5, 5.41) is 5.52. The van der Waals surface area contributed by atoms with Crippen molar-refractivity contribution in [2.24, 2.45) is 5.73 Å². The highest BCUT2D eigenvalue weighted by Crippen LogP contribution is 2.32. The Morgan fingerprint density at radius 1 is 1.08 bits per heavy atom. The number of allylic oxidation sites excluding steroid dienone is 2. The summed E-state index contributed by atoms with van der Waals surface area (Å²) in [5.74, 6) is -0.0327. The highest BCUT2D eigenvalue weighted by Gasteiger charge is 2.30. The molecular weight excluding hydrogens is 495 g/mol. The molecule has 2 amide bonds. The summed E-state index contributed by atoms with van der Waals surface area (Å²) < 4.78 is 44.7. The molecule has 0 aliphatic carbocycles. The van der Waals surface area contributed by atoms with Crippen LogP contribution in [0.4, 0.5) is 24.5 Å². The first-order valence-electron chi connectivity index (χ1n) is 11.9. The van der Waals surface area contributed by atoms with E-state index in [-0.39, 0.29) is 12.3 Å². The average Bonchev–Trinajstić information content (AvgIpc) is 2.88. The molecule has 0 spiro atoms. The number of carbonyl (C=O) groups is 2. The number of hydrogen-bond donors (Lipinski definition) is 3. The van der Waals surface area contributed by atoms with Gasteiger partial charge in [-0.1, -0.05) is 42.5 Å². The van der Waals surface area contributed by atoms with Crippen LogP contribution in [-0.2, 0) is 22.2 Å². The topological polar surface area (TPSA) is 93.4 Å². The van der Waals surface area contributed by atoms with Gasteiger partial charge in [0.05, 0.1) is 18.2 Å². The van der Waals surface area contributed by atoms with Gasteiger partial charge in [-0.3, -0.25) is 9.59 Å². The molecule has 0 bridgehead atoms. The summed E-state index contributed by atoms with van der Waals surface area (Å²) in [7, 11) is 0. The van der Waals surface area contributed by atoms with Crippen LogP contribution >= 0.6 is 0 Å². The molecule has 1 heterocycles. The van der Waals surface area contributed by atoms with Gasteiger partial charge in [0.25, 0.3) is 0 Å². The van der Waals surface area contributed by atoms with Crippen LogP contribution in [0, 0.1) is 0 Å². The van der Waals surface area contributed by atoms with Gasteiger partial charge in [-0.2, -0.15) is 13.2 Å². The maximum absolute atomic E-state index is 13.1. The van der Waals surface area contributed by atoms with Crippen molar-refractivity contribution in [3.63, 3.8) is 0 Å². The number of anilines is 2. The van der Waals surface area contributed by atoms with Gasteiger partial charge in [0.1, 0.15) is 5.75 Å². The lowest BCUT2D eigenvalue weighted by Gasteiger charge is -2.24. The SMILES string of the molecule is CCOc1ccc(C(=CC=CC(=O)Nc2cccc3c2CC(N)C(=O)N3)c2ccc(C(F)(F)F)cc2)cc1. The number of ether oxygens (including phenoxy) is 1. The summed E-state index contributed by atoms with van der Waals surface area (Å²) in [6, 6.07) is 16.4. The molecule has 3 aromatic rings. The Labute approximate surface area is 218 Å². The van der Waals surface area contributed by atoms with E-state index in [1.54, 1.807) is 48.5 Å². The van der Waals surface area contributed by atoms with Crippen molar-refractivity contribution in [2.75, 3.05) is 17.2 Å². The molecule has 1 aliphatic rings. The summed E-state index contributed by atoms with van der Waals surface area (Å²) >= 11 is 0. The van der Waals surface area contributed by atoms with E-state index in [1.807, 2.05) is 6.92 Å². The van der Waals surface area contributed by atoms with Crippen molar-refractivity contribution in [1.82, 2.24) is 0 Å². The second kappa shape index (κ2) is 11.4. The predicted molar refractivity (Wildman–Crippen MR) is 141 cm³/mol. The van der Waals surface area contributed by atoms with Crippen molar-refractivity contribution in [1.29, 1.82) is 0 Å². The molecule has 1 atom stereocenters. The molecule has 0 radical (unpaired) electrons. The lowest BCUT2D eigenvalue weighted by atomic mass is 9.96. The number of benzene rings is 3. The molecule has 0 fully saturated rings. The zero-order chi connectivity index (χ0) is 27.3. The van der Waals surface area contributed by atoms with Crippen LogP contribution in [0.2, 0.25) is 0 Å². The molecule has 3 aromatic carbocycles. The van der Waals surface area contributed by atoms with Gasteiger partial charge in [-0.05, 0) is 60.0 Å². The number of hydrogen-bond acceptors (Lipinski definition) is 4. The van der Waals surface area contributed by atoms with Crippen LogP contribution in [-0.4, -0.2) is 24.5 Å². The summed E-state index contributed by atoms with van der Waals surface area (Å²) in [6.45, 7) is 2.37. The third kappa shape index (κ3) is 6.30. The first-order valence-corrected chi connectivity index (χ1v) is 11.9. The minimum Gasteiger partial charge on any atom is -0.494 e. The standard InChI is InChI=1S/C29H26F3N3O3/c1-2-38-21-15-11-19(12-16-21)22(18-9-13-20(14-10-18)29(30,31)32)5-3-8-27(36)34-25-6-4-7-26-23(25)17-24(33)28(37)35-26/h3-16,24H,2,17,33H2,1H3,(H,34,36)(H,35,37).